The topological polar surface area (TPSA) is 93.9 Å². The van der Waals surface area contributed by atoms with Gasteiger partial charge in [0.15, 0.2) is 11.4 Å². The second-order valence-electron chi connectivity index (χ2n) is 7.52. The Morgan fingerprint density at radius 3 is 2.50 bits per heavy atom. The first-order chi connectivity index (χ1) is 16.7. The maximum atomic E-state index is 5.71. The van der Waals surface area contributed by atoms with E-state index in [2.05, 4.69) is 25.1 Å². The number of hydrogen-bond acceptors (Lipinski definition) is 11. The van der Waals surface area contributed by atoms with E-state index >= 15 is 0 Å². The zero-order valence-corrected chi connectivity index (χ0v) is 20.7. The summed E-state index contributed by atoms with van der Waals surface area (Å²) in [6.45, 7) is 3.94. The van der Waals surface area contributed by atoms with Crippen LogP contribution >= 0.6 is 23.3 Å². The van der Waals surface area contributed by atoms with Crippen LogP contribution < -0.4 is 29.1 Å². The minimum absolute atomic E-state index is 0.553. The molecule has 4 aromatic rings. The van der Waals surface area contributed by atoms with Crippen LogP contribution in [0.25, 0.3) is 21.5 Å². The number of nitrogens with zero attached hydrogens (tertiary/aromatic N) is 3. The van der Waals surface area contributed by atoms with Gasteiger partial charge in [0.25, 0.3) is 0 Å². The molecule has 0 bridgehead atoms. The predicted molar refractivity (Wildman–Crippen MR) is 136 cm³/mol. The van der Waals surface area contributed by atoms with E-state index in [0.29, 0.717) is 28.6 Å². The Kier molecular flexibility index (Phi) is 6.66. The fraction of sp³-hybridized carbons (Fsp3) is 0.304. The molecule has 1 saturated heterocycles. The monoisotopic (exact) mass is 499 g/mol. The summed E-state index contributed by atoms with van der Waals surface area (Å²) in [6.07, 6.45) is 1.94. The molecule has 0 saturated carbocycles. The largest absolute Gasteiger partial charge is 0.496 e. The van der Waals surface area contributed by atoms with Crippen molar-refractivity contribution in [2.45, 2.75) is 4.90 Å². The molecule has 1 fully saturated rings. The number of piperazine rings is 1. The number of rotatable bonds is 8. The number of ether oxygens (including phenoxy) is 3. The van der Waals surface area contributed by atoms with Crippen molar-refractivity contribution >= 4 is 45.1 Å². The maximum absolute atomic E-state index is 5.71. The van der Waals surface area contributed by atoms with Gasteiger partial charge >= 0.3 is 0 Å². The molecule has 3 heterocycles. The Bertz CT molecular complexity index is 1260. The van der Waals surface area contributed by atoms with Crippen molar-refractivity contribution < 1.29 is 18.7 Å². The van der Waals surface area contributed by atoms with Crippen LogP contribution in [0.4, 0.5) is 10.8 Å². The second kappa shape index (κ2) is 10.00. The van der Waals surface area contributed by atoms with Crippen molar-refractivity contribution in [3.8, 4) is 27.8 Å². The van der Waals surface area contributed by atoms with E-state index in [0.717, 1.165) is 52.0 Å². The number of benzene rings is 2. The average molecular weight is 500 g/mol. The van der Waals surface area contributed by atoms with Gasteiger partial charge in [0.2, 0.25) is 0 Å². The zero-order chi connectivity index (χ0) is 23.5. The highest BCUT2D eigenvalue weighted by atomic mass is 32.2. The molecule has 1 aliphatic heterocycles. The van der Waals surface area contributed by atoms with E-state index < -0.39 is 0 Å². The Hall–Kier alpha value is -3.15. The van der Waals surface area contributed by atoms with Crippen molar-refractivity contribution in [3.05, 3.63) is 36.5 Å². The summed E-state index contributed by atoms with van der Waals surface area (Å²) >= 11 is 3.00. The summed E-state index contributed by atoms with van der Waals surface area (Å²) in [5.74, 6) is 2.60. The molecule has 5 rings (SSSR count). The minimum Gasteiger partial charge on any atom is -0.496 e. The molecule has 0 amide bonds. The molecule has 1 aliphatic rings. The van der Waals surface area contributed by atoms with Gasteiger partial charge in [0, 0.05) is 31.7 Å². The number of thiazole rings is 1. The van der Waals surface area contributed by atoms with Crippen LogP contribution in [-0.4, -0.2) is 57.6 Å². The van der Waals surface area contributed by atoms with Crippen molar-refractivity contribution in [1.29, 1.82) is 0 Å². The van der Waals surface area contributed by atoms with E-state index in [9.17, 15) is 0 Å². The molecule has 0 aliphatic carbocycles. The summed E-state index contributed by atoms with van der Waals surface area (Å²) in [7, 11) is 4.89. The van der Waals surface area contributed by atoms with Gasteiger partial charge in [0.1, 0.15) is 37.5 Å². The number of nitrogens with one attached hydrogen (secondary N) is 2. The highest BCUT2D eigenvalue weighted by Crippen LogP contribution is 2.42. The first-order valence-corrected chi connectivity index (χ1v) is 12.4. The van der Waals surface area contributed by atoms with Crippen molar-refractivity contribution in [2.24, 2.45) is 0 Å². The Labute approximate surface area is 205 Å². The lowest BCUT2D eigenvalue weighted by atomic mass is 10.1. The summed E-state index contributed by atoms with van der Waals surface area (Å²) in [5.41, 5.74) is 1.54. The van der Waals surface area contributed by atoms with Crippen LogP contribution in [0.3, 0.4) is 0 Å². The summed E-state index contributed by atoms with van der Waals surface area (Å²) in [5, 5.41) is 10.5. The van der Waals surface area contributed by atoms with Crippen LogP contribution in [0.1, 0.15) is 0 Å². The van der Waals surface area contributed by atoms with Gasteiger partial charge in [0.05, 0.1) is 27.5 Å². The molecular formula is C23H25N5O4S2. The summed E-state index contributed by atoms with van der Waals surface area (Å²) < 4.78 is 25.6. The van der Waals surface area contributed by atoms with Gasteiger partial charge in [-0.05, 0) is 36.2 Å². The third-order valence-electron chi connectivity index (χ3n) is 5.56. The van der Waals surface area contributed by atoms with Crippen LogP contribution in [0.15, 0.2) is 45.9 Å². The summed E-state index contributed by atoms with van der Waals surface area (Å²) in [4.78, 5) is 7.82. The molecule has 2 aromatic heterocycles. The number of aromatic nitrogens is 2. The molecule has 2 aromatic carbocycles. The third kappa shape index (κ3) is 4.33. The molecule has 0 spiro atoms. The van der Waals surface area contributed by atoms with E-state index in [1.54, 1.807) is 32.7 Å². The molecule has 0 atom stereocenters. The first-order valence-electron chi connectivity index (χ1n) is 10.7. The Morgan fingerprint density at radius 1 is 1.06 bits per heavy atom. The minimum atomic E-state index is 0.553. The standard InChI is InChI=1S/C23H25N5O4S2/c1-29-15-5-4-6-16(30-2)21(15)34-27-22-20-17(31-3)11-14(12-18(20)32-26-22)23-25-13-19(33-23)28-9-7-24-8-10-28/h4-6,11-13,24H,7-10H2,1-3H3,(H,26,27). The molecule has 34 heavy (non-hydrogen) atoms. The third-order valence-corrected chi connectivity index (χ3v) is 7.57. The first kappa shape index (κ1) is 22.6. The van der Waals surface area contributed by atoms with Gasteiger partial charge in [-0.2, -0.15) is 0 Å². The summed E-state index contributed by atoms with van der Waals surface area (Å²) in [6, 6.07) is 9.56. The molecule has 9 nitrogen and oxygen atoms in total. The zero-order valence-electron chi connectivity index (χ0n) is 19.1. The van der Waals surface area contributed by atoms with Crippen molar-refractivity contribution in [2.75, 3.05) is 57.1 Å². The number of anilines is 2. The predicted octanol–water partition coefficient (Wildman–Crippen LogP) is 4.51. The van der Waals surface area contributed by atoms with Gasteiger partial charge < -0.3 is 33.7 Å². The number of methoxy groups -OCH3 is 3. The Balaban J connectivity index is 1.43. The normalized spacial score (nSPS) is 13.8. The highest BCUT2D eigenvalue weighted by Gasteiger charge is 2.20. The SMILES string of the molecule is COc1cccc(OC)c1SNc1noc2cc(-c3ncc(N4CCNCC4)s3)cc(OC)c12. The van der Waals surface area contributed by atoms with Gasteiger partial charge in [-0.15, -0.1) is 0 Å². The lowest BCUT2D eigenvalue weighted by molar-refractivity contribution is 0.376. The lowest BCUT2D eigenvalue weighted by Gasteiger charge is -2.27. The fourth-order valence-corrected chi connectivity index (χ4v) is 5.64. The highest BCUT2D eigenvalue weighted by molar-refractivity contribution is 8.00. The van der Waals surface area contributed by atoms with Crippen LogP contribution in [0, 0.1) is 0 Å². The van der Waals surface area contributed by atoms with Crippen molar-refractivity contribution in [1.82, 2.24) is 15.5 Å². The number of fused-ring (bicyclic) bond motifs is 1. The average Bonchev–Trinajstić information content (AvgIpc) is 3.55. The van der Waals surface area contributed by atoms with E-state index in [-0.39, 0.29) is 0 Å². The van der Waals surface area contributed by atoms with Gasteiger partial charge in [-0.25, -0.2) is 4.98 Å². The molecule has 0 radical (unpaired) electrons. The Morgan fingerprint density at radius 2 is 1.79 bits per heavy atom. The maximum Gasteiger partial charge on any atom is 0.191 e. The van der Waals surface area contributed by atoms with E-state index in [4.69, 9.17) is 18.7 Å². The molecule has 0 unspecified atom stereocenters. The van der Waals surface area contributed by atoms with Crippen LogP contribution in [0.2, 0.25) is 0 Å². The van der Waals surface area contributed by atoms with Gasteiger partial charge in [-0.1, -0.05) is 22.6 Å². The lowest BCUT2D eigenvalue weighted by Crippen LogP contribution is -2.43. The number of hydrogen-bond donors (Lipinski definition) is 2. The van der Waals surface area contributed by atoms with Crippen LogP contribution in [0.5, 0.6) is 17.2 Å². The van der Waals surface area contributed by atoms with Gasteiger partial charge in [-0.3, -0.25) is 0 Å². The quantitative estimate of drug-likeness (QED) is 0.337. The molecular weight excluding hydrogens is 474 g/mol. The molecule has 11 heteroatoms. The van der Waals surface area contributed by atoms with Crippen LogP contribution in [-0.2, 0) is 0 Å². The second-order valence-corrected chi connectivity index (χ2v) is 9.34. The smallest absolute Gasteiger partial charge is 0.191 e. The fourth-order valence-electron chi connectivity index (χ4n) is 3.84. The van der Waals surface area contributed by atoms with E-state index in [1.807, 2.05) is 36.5 Å². The van der Waals surface area contributed by atoms with E-state index in [1.165, 1.54) is 11.9 Å². The molecule has 178 valence electrons. The van der Waals surface area contributed by atoms with Crippen molar-refractivity contribution in [3.63, 3.8) is 0 Å². The molecule has 2 N–H and O–H groups in total.